The molecule has 0 atom stereocenters. The standard InChI is InChI=1S/C23H30N6/c1-17-7-6-10-21(18(17)2)28-13-15-29(16-14-28)23(24-3)25-12-11-22-26-19-8-4-5-9-20(19)27-22/h4-10H,11-16H2,1-3H3,(H,24,25)(H,26,27). The van der Waals surface area contributed by atoms with Gasteiger partial charge >= 0.3 is 0 Å². The minimum absolute atomic E-state index is 0.809. The Bertz CT molecular complexity index is 965. The molecule has 0 spiro atoms. The first-order valence-electron chi connectivity index (χ1n) is 10.4. The van der Waals surface area contributed by atoms with Crippen LogP contribution in [0.3, 0.4) is 0 Å². The highest BCUT2D eigenvalue weighted by Gasteiger charge is 2.21. The predicted molar refractivity (Wildman–Crippen MR) is 121 cm³/mol. The number of aliphatic imine (C=N–C) groups is 1. The van der Waals surface area contributed by atoms with Crippen molar-refractivity contribution < 1.29 is 0 Å². The van der Waals surface area contributed by atoms with Gasteiger partial charge in [-0.2, -0.15) is 0 Å². The maximum atomic E-state index is 4.65. The summed E-state index contributed by atoms with van der Waals surface area (Å²) in [4.78, 5) is 17.4. The number of anilines is 1. The van der Waals surface area contributed by atoms with Crippen molar-refractivity contribution in [2.24, 2.45) is 4.99 Å². The summed E-state index contributed by atoms with van der Waals surface area (Å²) in [5.74, 6) is 1.98. The van der Waals surface area contributed by atoms with Crippen LogP contribution in [-0.4, -0.2) is 60.6 Å². The highest BCUT2D eigenvalue weighted by atomic mass is 15.3. The zero-order valence-corrected chi connectivity index (χ0v) is 17.6. The fraction of sp³-hybridized carbons (Fsp3) is 0.391. The normalized spacial score (nSPS) is 15.2. The largest absolute Gasteiger partial charge is 0.368 e. The fourth-order valence-electron chi connectivity index (χ4n) is 3.99. The van der Waals surface area contributed by atoms with Gasteiger partial charge in [0.25, 0.3) is 0 Å². The Kier molecular flexibility index (Phi) is 5.69. The van der Waals surface area contributed by atoms with Crippen molar-refractivity contribution in [2.75, 3.05) is 44.7 Å². The lowest BCUT2D eigenvalue weighted by Crippen LogP contribution is -2.53. The quantitative estimate of drug-likeness (QED) is 0.531. The number of aromatic nitrogens is 2. The van der Waals surface area contributed by atoms with Crippen molar-refractivity contribution in [2.45, 2.75) is 20.3 Å². The third-order valence-electron chi connectivity index (χ3n) is 5.79. The molecular formula is C23H30N6. The molecule has 1 aliphatic heterocycles. The molecule has 0 unspecified atom stereocenters. The monoisotopic (exact) mass is 390 g/mol. The van der Waals surface area contributed by atoms with Crippen molar-refractivity contribution in [3.05, 3.63) is 59.4 Å². The summed E-state index contributed by atoms with van der Waals surface area (Å²) < 4.78 is 0. The molecule has 1 aliphatic rings. The van der Waals surface area contributed by atoms with Crippen molar-refractivity contribution in [3.63, 3.8) is 0 Å². The number of para-hydroxylation sites is 2. The lowest BCUT2D eigenvalue weighted by Gasteiger charge is -2.38. The molecule has 6 heteroatoms. The van der Waals surface area contributed by atoms with Gasteiger partial charge in [0.15, 0.2) is 5.96 Å². The molecule has 0 bridgehead atoms. The first-order chi connectivity index (χ1) is 14.2. The minimum Gasteiger partial charge on any atom is -0.368 e. The van der Waals surface area contributed by atoms with Gasteiger partial charge in [0.1, 0.15) is 5.82 Å². The average molecular weight is 391 g/mol. The molecule has 2 aromatic carbocycles. The number of rotatable bonds is 4. The summed E-state index contributed by atoms with van der Waals surface area (Å²) in [7, 11) is 1.86. The topological polar surface area (TPSA) is 59.6 Å². The van der Waals surface area contributed by atoms with E-state index in [0.29, 0.717) is 0 Å². The van der Waals surface area contributed by atoms with Gasteiger partial charge in [0.2, 0.25) is 0 Å². The number of aromatic amines is 1. The molecule has 29 heavy (non-hydrogen) atoms. The van der Waals surface area contributed by atoms with Crippen LogP contribution in [0.15, 0.2) is 47.5 Å². The number of hydrogen-bond donors (Lipinski definition) is 2. The van der Waals surface area contributed by atoms with Crippen molar-refractivity contribution in [3.8, 4) is 0 Å². The molecule has 3 aromatic rings. The third kappa shape index (κ3) is 4.21. The van der Waals surface area contributed by atoms with Crippen molar-refractivity contribution >= 4 is 22.7 Å². The second-order valence-electron chi connectivity index (χ2n) is 7.62. The molecule has 152 valence electrons. The van der Waals surface area contributed by atoms with Gasteiger partial charge in [-0.25, -0.2) is 4.98 Å². The number of guanidine groups is 1. The lowest BCUT2D eigenvalue weighted by molar-refractivity contribution is 0.372. The lowest BCUT2D eigenvalue weighted by atomic mass is 10.1. The van der Waals surface area contributed by atoms with E-state index < -0.39 is 0 Å². The minimum atomic E-state index is 0.809. The third-order valence-corrected chi connectivity index (χ3v) is 5.79. The van der Waals surface area contributed by atoms with E-state index in [-0.39, 0.29) is 0 Å². The van der Waals surface area contributed by atoms with Crippen LogP contribution in [0.4, 0.5) is 5.69 Å². The van der Waals surface area contributed by atoms with Crippen LogP contribution in [0.1, 0.15) is 17.0 Å². The second-order valence-corrected chi connectivity index (χ2v) is 7.62. The second kappa shape index (κ2) is 8.55. The van der Waals surface area contributed by atoms with E-state index in [1.807, 2.05) is 25.2 Å². The molecule has 1 aromatic heterocycles. The zero-order valence-electron chi connectivity index (χ0n) is 17.6. The van der Waals surface area contributed by atoms with Crippen molar-refractivity contribution in [1.29, 1.82) is 0 Å². The van der Waals surface area contributed by atoms with Gasteiger partial charge in [-0.05, 0) is 43.2 Å². The van der Waals surface area contributed by atoms with Gasteiger partial charge in [0, 0.05) is 51.9 Å². The molecule has 1 fully saturated rings. The molecule has 0 radical (unpaired) electrons. The van der Waals surface area contributed by atoms with E-state index in [0.717, 1.165) is 62.0 Å². The van der Waals surface area contributed by atoms with Crippen LogP contribution in [-0.2, 0) is 6.42 Å². The molecule has 2 N–H and O–H groups in total. The van der Waals surface area contributed by atoms with E-state index >= 15 is 0 Å². The number of imidazole rings is 1. The molecule has 0 saturated carbocycles. The van der Waals surface area contributed by atoms with Crippen LogP contribution in [0.25, 0.3) is 11.0 Å². The summed E-state index contributed by atoms with van der Waals surface area (Å²) in [6, 6.07) is 14.7. The predicted octanol–water partition coefficient (Wildman–Crippen LogP) is 3.12. The first kappa shape index (κ1) is 19.3. The van der Waals surface area contributed by atoms with Crippen LogP contribution in [0, 0.1) is 13.8 Å². The number of hydrogen-bond acceptors (Lipinski definition) is 3. The number of aryl methyl sites for hydroxylation is 1. The molecule has 6 nitrogen and oxygen atoms in total. The van der Waals surface area contributed by atoms with Crippen LogP contribution in [0.5, 0.6) is 0 Å². The maximum Gasteiger partial charge on any atom is 0.193 e. The summed E-state index contributed by atoms with van der Waals surface area (Å²) >= 11 is 0. The molecule has 0 amide bonds. The Morgan fingerprint density at radius 1 is 1.07 bits per heavy atom. The van der Waals surface area contributed by atoms with Crippen LogP contribution in [0.2, 0.25) is 0 Å². The smallest absolute Gasteiger partial charge is 0.193 e. The molecule has 0 aliphatic carbocycles. The number of fused-ring (bicyclic) bond motifs is 1. The highest BCUT2D eigenvalue weighted by molar-refractivity contribution is 5.80. The van der Waals surface area contributed by atoms with E-state index in [9.17, 15) is 0 Å². The number of benzene rings is 2. The number of H-pyrrole nitrogens is 1. The van der Waals surface area contributed by atoms with Gasteiger partial charge in [0.05, 0.1) is 11.0 Å². The Labute approximate surface area is 172 Å². The van der Waals surface area contributed by atoms with Crippen LogP contribution < -0.4 is 10.2 Å². The van der Waals surface area contributed by atoms with Gasteiger partial charge < -0.3 is 20.1 Å². The highest BCUT2D eigenvalue weighted by Crippen LogP contribution is 2.23. The first-order valence-corrected chi connectivity index (χ1v) is 10.4. The van der Waals surface area contributed by atoms with E-state index in [1.165, 1.54) is 16.8 Å². The SMILES string of the molecule is CN=C(NCCc1nc2ccccc2[nH]1)N1CCN(c2cccc(C)c2C)CC1. The average Bonchev–Trinajstić information content (AvgIpc) is 3.16. The Morgan fingerprint density at radius 3 is 2.62 bits per heavy atom. The molecule has 1 saturated heterocycles. The van der Waals surface area contributed by atoms with Gasteiger partial charge in [-0.3, -0.25) is 4.99 Å². The number of piperazine rings is 1. The van der Waals surface area contributed by atoms with E-state index in [1.54, 1.807) is 0 Å². The number of nitrogens with one attached hydrogen (secondary N) is 2. The van der Waals surface area contributed by atoms with E-state index in [4.69, 9.17) is 0 Å². The Morgan fingerprint density at radius 2 is 1.86 bits per heavy atom. The molecule has 4 rings (SSSR count). The van der Waals surface area contributed by atoms with Crippen molar-refractivity contribution in [1.82, 2.24) is 20.2 Å². The Hall–Kier alpha value is -3.02. The maximum absolute atomic E-state index is 4.65. The van der Waals surface area contributed by atoms with E-state index in [2.05, 4.69) is 68.2 Å². The Balaban J connectivity index is 1.30. The summed E-state index contributed by atoms with van der Waals surface area (Å²) in [5.41, 5.74) is 6.21. The van der Waals surface area contributed by atoms with Crippen LogP contribution >= 0.6 is 0 Å². The summed E-state index contributed by atoms with van der Waals surface area (Å²) in [6.07, 6.45) is 0.843. The zero-order chi connectivity index (χ0) is 20.2. The number of nitrogens with zero attached hydrogens (tertiary/aromatic N) is 4. The van der Waals surface area contributed by atoms with Gasteiger partial charge in [-0.1, -0.05) is 24.3 Å². The van der Waals surface area contributed by atoms with Gasteiger partial charge in [-0.15, -0.1) is 0 Å². The molecule has 2 heterocycles. The molecular weight excluding hydrogens is 360 g/mol. The summed E-state index contributed by atoms with van der Waals surface area (Å²) in [6.45, 7) is 9.17. The summed E-state index contributed by atoms with van der Waals surface area (Å²) in [5, 5.41) is 3.50. The fourth-order valence-corrected chi connectivity index (χ4v) is 3.99.